The lowest BCUT2D eigenvalue weighted by Crippen LogP contribution is -2.36. The van der Waals surface area contributed by atoms with Gasteiger partial charge in [-0.2, -0.15) is 0 Å². The van der Waals surface area contributed by atoms with Crippen molar-refractivity contribution in [2.45, 2.75) is 32.6 Å². The van der Waals surface area contributed by atoms with E-state index in [4.69, 9.17) is 5.73 Å². The van der Waals surface area contributed by atoms with Crippen molar-refractivity contribution in [1.29, 1.82) is 0 Å². The maximum absolute atomic E-state index is 11.5. The third-order valence-electron chi connectivity index (χ3n) is 2.40. The van der Waals surface area contributed by atoms with Gasteiger partial charge in [0.15, 0.2) is 0 Å². The molecule has 0 saturated carbocycles. The minimum absolute atomic E-state index is 0.0232. The van der Waals surface area contributed by atoms with Crippen LogP contribution in [0.5, 0.6) is 0 Å². The Labute approximate surface area is 101 Å². The molecule has 2 amide bonds. The normalized spacial score (nSPS) is 14.6. The number of amides is 2. The molecule has 0 heterocycles. The second kappa shape index (κ2) is 6.73. The van der Waals surface area contributed by atoms with E-state index >= 15 is 0 Å². The number of nitrogens with one attached hydrogen (secondary N) is 2. The highest BCUT2D eigenvalue weighted by Gasteiger charge is 2.08. The standard InChI is InChI=1S/C12H19N3O2/c1-2-3-11(16)14-8-12(17)15-10-6-4-9(13)5-7-10/h4,6H,2-3,5,7-8,13H2,1H3,(H,14,16)(H,15,17). The molecule has 0 unspecified atom stereocenters. The van der Waals surface area contributed by atoms with Gasteiger partial charge >= 0.3 is 0 Å². The number of hydrogen-bond donors (Lipinski definition) is 3. The summed E-state index contributed by atoms with van der Waals surface area (Å²) in [6.45, 7) is 1.94. The van der Waals surface area contributed by atoms with Crippen LogP contribution in [0.15, 0.2) is 23.5 Å². The van der Waals surface area contributed by atoms with Crippen LogP contribution in [0.2, 0.25) is 0 Å². The number of carbonyl (C=O) groups excluding carboxylic acids is 2. The van der Waals surface area contributed by atoms with Gasteiger partial charge in [0, 0.05) is 17.8 Å². The summed E-state index contributed by atoms with van der Waals surface area (Å²) >= 11 is 0. The van der Waals surface area contributed by atoms with E-state index in [-0.39, 0.29) is 18.4 Å². The van der Waals surface area contributed by atoms with Crippen LogP contribution >= 0.6 is 0 Å². The molecule has 0 aromatic rings. The van der Waals surface area contributed by atoms with E-state index in [9.17, 15) is 9.59 Å². The molecule has 0 saturated heterocycles. The zero-order valence-corrected chi connectivity index (χ0v) is 10.1. The van der Waals surface area contributed by atoms with Crippen LogP contribution in [0, 0.1) is 0 Å². The van der Waals surface area contributed by atoms with Gasteiger partial charge in [-0.25, -0.2) is 0 Å². The van der Waals surface area contributed by atoms with Crippen molar-refractivity contribution in [3.63, 3.8) is 0 Å². The van der Waals surface area contributed by atoms with Gasteiger partial charge in [-0.1, -0.05) is 6.92 Å². The van der Waals surface area contributed by atoms with Gasteiger partial charge in [-0.05, 0) is 31.4 Å². The van der Waals surface area contributed by atoms with Crippen LogP contribution < -0.4 is 16.4 Å². The summed E-state index contributed by atoms with van der Waals surface area (Å²) in [5.74, 6) is -0.293. The molecule has 0 spiro atoms. The first kappa shape index (κ1) is 13.3. The van der Waals surface area contributed by atoms with Gasteiger partial charge in [-0.3, -0.25) is 9.59 Å². The lowest BCUT2D eigenvalue weighted by Gasteiger charge is -2.13. The molecule has 0 radical (unpaired) electrons. The van der Waals surface area contributed by atoms with E-state index in [1.165, 1.54) is 0 Å². The number of allylic oxidation sites excluding steroid dienone is 4. The first-order chi connectivity index (χ1) is 8.11. The third-order valence-corrected chi connectivity index (χ3v) is 2.40. The first-order valence-corrected chi connectivity index (χ1v) is 5.83. The Kier molecular flexibility index (Phi) is 5.26. The van der Waals surface area contributed by atoms with Gasteiger partial charge in [0.05, 0.1) is 6.54 Å². The van der Waals surface area contributed by atoms with Gasteiger partial charge < -0.3 is 16.4 Å². The van der Waals surface area contributed by atoms with Crippen molar-refractivity contribution in [3.8, 4) is 0 Å². The summed E-state index contributed by atoms with van der Waals surface area (Å²) in [5.41, 5.74) is 7.27. The molecule has 5 heteroatoms. The zero-order valence-electron chi connectivity index (χ0n) is 10.1. The Hall–Kier alpha value is -1.78. The number of carbonyl (C=O) groups is 2. The largest absolute Gasteiger partial charge is 0.402 e. The monoisotopic (exact) mass is 237 g/mol. The van der Waals surface area contributed by atoms with Gasteiger partial charge in [-0.15, -0.1) is 0 Å². The van der Waals surface area contributed by atoms with Crippen molar-refractivity contribution < 1.29 is 9.59 Å². The number of rotatable bonds is 5. The Balaban J connectivity index is 2.28. The number of hydrogen-bond acceptors (Lipinski definition) is 3. The Bertz CT molecular complexity index is 359. The van der Waals surface area contributed by atoms with Crippen molar-refractivity contribution in [1.82, 2.24) is 10.6 Å². The molecule has 1 aliphatic carbocycles. The molecule has 0 aromatic heterocycles. The molecule has 0 fully saturated rings. The van der Waals surface area contributed by atoms with E-state index < -0.39 is 0 Å². The fourth-order valence-electron chi connectivity index (χ4n) is 1.48. The average Bonchev–Trinajstić information content (AvgIpc) is 2.30. The highest BCUT2D eigenvalue weighted by atomic mass is 16.2. The summed E-state index contributed by atoms with van der Waals surface area (Å²) in [7, 11) is 0. The minimum atomic E-state index is -0.199. The molecule has 0 aromatic carbocycles. The average molecular weight is 237 g/mol. The van der Waals surface area contributed by atoms with Crippen molar-refractivity contribution in [2.24, 2.45) is 5.73 Å². The highest BCUT2D eigenvalue weighted by Crippen LogP contribution is 2.11. The van der Waals surface area contributed by atoms with Crippen LogP contribution in [-0.4, -0.2) is 18.4 Å². The lowest BCUT2D eigenvalue weighted by atomic mass is 10.1. The molecule has 5 nitrogen and oxygen atoms in total. The SMILES string of the molecule is CCCC(=O)NCC(=O)NC1=CC=C(N)CC1. The van der Waals surface area contributed by atoms with E-state index in [0.717, 1.165) is 30.7 Å². The van der Waals surface area contributed by atoms with Crippen molar-refractivity contribution in [2.75, 3.05) is 6.54 Å². The third kappa shape index (κ3) is 5.19. The van der Waals surface area contributed by atoms with E-state index in [0.29, 0.717) is 6.42 Å². The molecule has 4 N–H and O–H groups in total. The topological polar surface area (TPSA) is 84.2 Å². The zero-order chi connectivity index (χ0) is 12.7. The maximum Gasteiger partial charge on any atom is 0.243 e. The molecule has 0 atom stereocenters. The van der Waals surface area contributed by atoms with Crippen molar-refractivity contribution in [3.05, 3.63) is 23.5 Å². The fraction of sp³-hybridized carbons (Fsp3) is 0.500. The molecule has 1 rings (SSSR count). The van der Waals surface area contributed by atoms with E-state index in [1.54, 1.807) is 12.2 Å². The summed E-state index contributed by atoms with van der Waals surface area (Å²) in [6.07, 6.45) is 6.31. The molecule has 1 aliphatic rings. The molecule has 17 heavy (non-hydrogen) atoms. The quantitative estimate of drug-likeness (QED) is 0.652. The van der Waals surface area contributed by atoms with Crippen molar-refractivity contribution >= 4 is 11.8 Å². The lowest BCUT2D eigenvalue weighted by molar-refractivity contribution is -0.125. The second-order valence-corrected chi connectivity index (χ2v) is 4.01. The highest BCUT2D eigenvalue weighted by molar-refractivity contribution is 5.85. The number of nitrogens with two attached hydrogens (primary N) is 1. The minimum Gasteiger partial charge on any atom is -0.402 e. The smallest absolute Gasteiger partial charge is 0.243 e. The van der Waals surface area contributed by atoms with Crippen LogP contribution in [0.3, 0.4) is 0 Å². The molecule has 94 valence electrons. The second-order valence-electron chi connectivity index (χ2n) is 4.01. The van der Waals surface area contributed by atoms with Crippen LogP contribution in [0.1, 0.15) is 32.6 Å². The Morgan fingerprint density at radius 2 is 2.06 bits per heavy atom. The van der Waals surface area contributed by atoms with Gasteiger partial charge in [0.2, 0.25) is 11.8 Å². The summed E-state index contributed by atoms with van der Waals surface area (Å²) < 4.78 is 0. The summed E-state index contributed by atoms with van der Waals surface area (Å²) in [5, 5.41) is 5.31. The fourth-order valence-corrected chi connectivity index (χ4v) is 1.48. The molecular formula is C12H19N3O2. The predicted molar refractivity (Wildman–Crippen MR) is 65.6 cm³/mol. The molecule has 0 aliphatic heterocycles. The Morgan fingerprint density at radius 1 is 1.29 bits per heavy atom. The summed E-state index contributed by atoms with van der Waals surface area (Å²) in [6, 6.07) is 0. The molecular weight excluding hydrogens is 218 g/mol. The van der Waals surface area contributed by atoms with E-state index in [2.05, 4.69) is 10.6 Å². The van der Waals surface area contributed by atoms with Gasteiger partial charge in [0.1, 0.15) is 0 Å². The van der Waals surface area contributed by atoms with E-state index in [1.807, 2.05) is 6.92 Å². The van der Waals surface area contributed by atoms with Crippen LogP contribution in [0.25, 0.3) is 0 Å². The predicted octanol–water partition coefficient (Wildman–Crippen LogP) is 0.539. The maximum atomic E-state index is 11.5. The molecule has 0 bridgehead atoms. The van der Waals surface area contributed by atoms with Crippen LogP contribution in [-0.2, 0) is 9.59 Å². The first-order valence-electron chi connectivity index (χ1n) is 5.83. The summed E-state index contributed by atoms with van der Waals surface area (Å²) in [4.78, 5) is 22.6. The van der Waals surface area contributed by atoms with Crippen LogP contribution in [0.4, 0.5) is 0 Å². The Morgan fingerprint density at radius 3 is 2.65 bits per heavy atom. The van der Waals surface area contributed by atoms with Gasteiger partial charge in [0.25, 0.3) is 0 Å².